The van der Waals surface area contributed by atoms with Gasteiger partial charge in [-0.3, -0.25) is 4.79 Å². The first-order valence-electron chi connectivity index (χ1n) is 6.08. The van der Waals surface area contributed by atoms with Crippen LogP contribution in [-0.2, 0) is 6.42 Å². The molecule has 1 aromatic heterocycles. The van der Waals surface area contributed by atoms with Crippen molar-refractivity contribution in [3.8, 4) is 0 Å². The average Bonchev–Trinajstić information content (AvgIpc) is 2.38. The second-order valence-electron chi connectivity index (χ2n) is 4.25. The van der Waals surface area contributed by atoms with E-state index in [0.29, 0.717) is 30.9 Å². The molecule has 0 fully saturated rings. The topological polar surface area (TPSA) is 54.9 Å². The lowest BCUT2D eigenvalue weighted by Gasteiger charge is -2.09. The number of aldehydes is 1. The number of carbonyl (C=O) groups is 1. The summed E-state index contributed by atoms with van der Waals surface area (Å²) in [5.74, 6) is 0.611. The molecule has 0 aliphatic heterocycles. The summed E-state index contributed by atoms with van der Waals surface area (Å²) in [6.07, 6.45) is 1.23. The lowest BCUT2D eigenvalue weighted by molar-refractivity contribution is 0.112. The molecular weight excluding hydrogens is 281 g/mol. The standard InChI is InChI=1S/C14H13ClFN3O/c1-9-18-13(15)12(8-20)14(19-9)17-6-5-10-3-2-4-11(16)7-10/h2-4,7-8H,5-6H2,1H3,(H,17,18,19). The second-order valence-corrected chi connectivity index (χ2v) is 4.61. The van der Waals surface area contributed by atoms with Gasteiger partial charge in [0.25, 0.3) is 0 Å². The first-order valence-corrected chi connectivity index (χ1v) is 6.45. The van der Waals surface area contributed by atoms with E-state index in [2.05, 4.69) is 15.3 Å². The number of nitrogens with one attached hydrogen (secondary N) is 1. The Hall–Kier alpha value is -2.01. The number of rotatable bonds is 5. The number of aromatic nitrogens is 2. The SMILES string of the molecule is Cc1nc(Cl)c(C=O)c(NCCc2cccc(F)c2)n1. The third-order valence-electron chi connectivity index (χ3n) is 2.72. The number of anilines is 1. The number of hydrogen-bond acceptors (Lipinski definition) is 4. The molecule has 0 saturated carbocycles. The molecule has 0 radical (unpaired) electrons. The van der Waals surface area contributed by atoms with Crippen molar-refractivity contribution in [2.75, 3.05) is 11.9 Å². The Bertz CT molecular complexity index is 634. The van der Waals surface area contributed by atoms with E-state index >= 15 is 0 Å². The fourth-order valence-electron chi connectivity index (χ4n) is 1.80. The molecule has 0 amide bonds. The van der Waals surface area contributed by atoms with Crippen LogP contribution in [0.5, 0.6) is 0 Å². The van der Waals surface area contributed by atoms with Crippen LogP contribution in [0.1, 0.15) is 21.7 Å². The first-order chi connectivity index (χ1) is 9.60. The third kappa shape index (κ3) is 3.51. The molecule has 0 bridgehead atoms. The number of halogens is 2. The lowest BCUT2D eigenvalue weighted by Crippen LogP contribution is -2.10. The Labute approximate surface area is 121 Å². The number of benzene rings is 1. The van der Waals surface area contributed by atoms with Crippen LogP contribution in [0.3, 0.4) is 0 Å². The summed E-state index contributed by atoms with van der Waals surface area (Å²) < 4.78 is 13.0. The Morgan fingerprint density at radius 2 is 2.20 bits per heavy atom. The average molecular weight is 294 g/mol. The zero-order valence-corrected chi connectivity index (χ0v) is 11.6. The van der Waals surface area contributed by atoms with Crippen molar-refractivity contribution in [1.82, 2.24) is 9.97 Å². The minimum absolute atomic E-state index is 0.126. The molecule has 20 heavy (non-hydrogen) atoms. The maximum atomic E-state index is 13.0. The van der Waals surface area contributed by atoms with Gasteiger partial charge >= 0.3 is 0 Å². The zero-order valence-electron chi connectivity index (χ0n) is 10.9. The molecule has 6 heteroatoms. The van der Waals surface area contributed by atoms with Gasteiger partial charge < -0.3 is 5.32 Å². The number of aryl methyl sites for hydroxylation is 1. The van der Waals surface area contributed by atoms with Crippen LogP contribution in [0, 0.1) is 12.7 Å². The van der Waals surface area contributed by atoms with E-state index in [1.54, 1.807) is 13.0 Å². The molecule has 2 rings (SSSR count). The fraction of sp³-hybridized carbons (Fsp3) is 0.214. The van der Waals surface area contributed by atoms with Crippen molar-refractivity contribution in [1.29, 1.82) is 0 Å². The maximum absolute atomic E-state index is 13.0. The summed E-state index contributed by atoms with van der Waals surface area (Å²) in [6, 6.07) is 6.37. The maximum Gasteiger partial charge on any atom is 0.156 e. The Balaban J connectivity index is 2.06. The summed E-state index contributed by atoms with van der Waals surface area (Å²) in [4.78, 5) is 19.0. The number of hydrogen-bond donors (Lipinski definition) is 1. The van der Waals surface area contributed by atoms with Gasteiger partial charge in [0.1, 0.15) is 22.6 Å². The Morgan fingerprint density at radius 1 is 1.40 bits per heavy atom. The highest BCUT2D eigenvalue weighted by Crippen LogP contribution is 2.18. The van der Waals surface area contributed by atoms with Crippen LogP contribution in [0.15, 0.2) is 24.3 Å². The molecule has 0 aliphatic carbocycles. The largest absolute Gasteiger partial charge is 0.369 e. The van der Waals surface area contributed by atoms with Crippen molar-refractivity contribution in [2.24, 2.45) is 0 Å². The number of carbonyl (C=O) groups excluding carboxylic acids is 1. The molecule has 4 nitrogen and oxygen atoms in total. The lowest BCUT2D eigenvalue weighted by atomic mass is 10.1. The van der Waals surface area contributed by atoms with Gasteiger partial charge in [-0.15, -0.1) is 0 Å². The van der Waals surface area contributed by atoms with Crippen molar-refractivity contribution >= 4 is 23.7 Å². The van der Waals surface area contributed by atoms with Crippen LogP contribution >= 0.6 is 11.6 Å². The van der Waals surface area contributed by atoms with Crippen molar-refractivity contribution in [3.05, 3.63) is 52.2 Å². The van der Waals surface area contributed by atoms with Gasteiger partial charge in [0.05, 0.1) is 5.56 Å². The van der Waals surface area contributed by atoms with E-state index in [0.717, 1.165) is 5.56 Å². The van der Waals surface area contributed by atoms with E-state index < -0.39 is 0 Å². The summed E-state index contributed by atoms with van der Waals surface area (Å²) in [5.41, 5.74) is 1.10. The van der Waals surface area contributed by atoms with Gasteiger partial charge in [-0.05, 0) is 31.0 Å². The molecule has 1 N–H and O–H groups in total. The predicted octanol–water partition coefficient (Wildman–Crippen LogP) is 3.04. The van der Waals surface area contributed by atoms with E-state index in [9.17, 15) is 9.18 Å². The normalized spacial score (nSPS) is 10.3. The van der Waals surface area contributed by atoms with Crippen molar-refractivity contribution < 1.29 is 9.18 Å². The molecule has 0 unspecified atom stereocenters. The fourth-order valence-corrected chi connectivity index (χ4v) is 2.06. The quantitative estimate of drug-likeness (QED) is 0.680. The van der Waals surface area contributed by atoms with Gasteiger partial charge in [-0.2, -0.15) is 0 Å². The van der Waals surface area contributed by atoms with Crippen LogP contribution in [0.2, 0.25) is 5.15 Å². The molecule has 104 valence electrons. The van der Waals surface area contributed by atoms with Gasteiger partial charge in [0, 0.05) is 6.54 Å². The summed E-state index contributed by atoms with van der Waals surface area (Å²) in [6.45, 7) is 2.20. The van der Waals surface area contributed by atoms with Gasteiger partial charge in [0.2, 0.25) is 0 Å². The van der Waals surface area contributed by atoms with Gasteiger partial charge in [-0.25, -0.2) is 14.4 Å². The molecule has 0 spiro atoms. The third-order valence-corrected chi connectivity index (χ3v) is 3.01. The van der Waals surface area contributed by atoms with Gasteiger partial charge in [-0.1, -0.05) is 23.7 Å². The van der Waals surface area contributed by atoms with Crippen LogP contribution in [0.25, 0.3) is 0 Å². The highest BCUT2D eigenvalue weighted by atomic mass is 35.5. The molecule has 2 aromatic rings. The molecule has 0 aliphatic rings. The van der Waals surface area contributed by atoms with Crippen LogP contribution in [-0.4, -0.2) is 22.8 Å². The van der Waals surface area contributed by atoms with E-state index in [4.69, 9.17) is 11.6 Å². The molecule has 0 atom stereocenters. The summed E-state index contributed by atoms with van der Waals surface area (Å²) in [5, 5.41) is 3.15. The zero-order chi connectivity index (χ0) is 14.5. The Kier molecular flexibility index (Phi) is 4.63. The van der Waals surface area contributed by atoms with E-state index in [1.165, 1.54) is 12.1 Å². The minimum Gasteiger partial charge on any atom is -0.369 e. The molecule has 0 saturated heterocycles. The van der Waals surface area contributed by atoms with Gasteiger partial charge in [0.15, 0.2) is 6.29 Å². The van der Waals surface area contributed by atoms with Crippen molar-refractivity contribution in [2.45, 2.75) is 13.3 Å². The second kappa shape index (κ2) is 6.43. The molecular formula is C14H13ClFN3O. The van der Waals surface area contributed by atoms with E-state index in [-0.39, 0.29) is 16.5 Å². The monoisotopic (exact) mass is 293 g/mol. The smallest absolute Gasteiger partial charge is 0.156 e. The van der Waals surface area contributed by atoms with E-state index in [1.807, 2.05) is 6.07 Å². The minimum atomic E-state index is -0.267. The molecule has 1 heterocycles. The summed E-state index contributed by atoms with van der Waals surface area (Å²) in [7, 11) is 0. The number of nitrogens with zero attached hydrogens (tertiary/aromatic N) is 2. The van der Waals surface area contributed by atoms with Crippen LogP contribution < -0.4 is 5.32 Å². The predicted molar refractivity (Wildman–Crippen MR) is 75.8 cm³/mol. The first kappa shape index (κ1) is 14.4. The highest BCUT2D eigenvalue weighted by molar-refractivity contribution is 6.32. The van der Waals surface area contributed by atoms with Crippen LogP contribution in [0.4, 0.5) is 10.2 Å². The Morgan fingerprint density at radius 3 is 2.90 bits per heavy atom. The summed E-state index contributed by atoms with van der Waals surface area (Å²) >= 11 is 5.88. The molecule has 1 aromatic carbocycles. The van der Waals surface area contributed by atoms with Crippen molar-refractivity contribution in [3.63, 3.8) is 0 Å². The highest BCUT2D eigenvalue weighted by Gasteiger charge is 2.10.